The van der Waals surface area contributed by atoms with E-state index in [0.717, 1.165) is 25.1 Å². The standard InChI is InChI=1S/C11H20N4O/c1-12-7-3-4-11(16)13-8-5-10-6-9-15(2)14-10/h6,9,12H,3-5,7-8H2,1-2H3,(H,13,16). The van der Waals surface area contributed by atoms with Crippen LogP contribution in [0.4, 0.5) is 0 Å². The van der Waals surface area contributed by atoms with Gasteiger partial charge in [0.2, 0.25) is 5.91 Å². The molecule has 5 nitrogen and oxygen atoms in total. The summed E-state index contributed by atoms with van der Waals surface area (Å²) in [5.41, 5.74) is 1.01. The third-order valence-corrected chi connectivity index (χ3v) is 2.30. The van der Waals surface area contributed by atoms with Gasteiger partial charge in [-0.05, 0) is 26.1 Å². The SMILES string of the molecule is CNCCCC(=O)NCCc1ccn(C)n1. The van der Waals surface area contributed by atoms with Crippen molar-refractivity contribution in [2.45, 2.75) is 19.3 Å². The molecule has 16 heavy (non-hydrogen) atoms. The fraction of sp³-hybridized carbons (Fsp3) is 0.636. The Morgan fingerprint density at radius 2 is 2.31 bits per heavy atom. The molecule has 0 radical (unpaired) electrons. The minimum absolute atomic E-state index is 0.117. The average molecular weight is 224 g/mol. The summed E-state index contributed by atoms with van der Waals surface area (Å²) >= 11 is 0. The van der Waals surface area contributed by atoms with Gasteiger partial charge in [-0.25, -0.2) is 0 Å². The Morgan fingerprint density at radius 3 is 2.94 bits per heavy atom. The van der Waals surface area contributed by atoms with Crippen molar-refractivity contribution < 1.29 is 4.79 Å². The van der Waals surface area contributed by atoms with Crippen LogP contribution in [0.15, 0.2) is 12.3 Å². The molecular weight excluding hydrogens is 204 g/mol. The van der Waals surface area contributed by atoms with Crippen LogP contribution in [-0.2, 0) is 18.3 Å². The second kappa shape index (κ2) is 7.00. The topological polar surface area (TPSA) is 59.0 Å². The van der Waals surface area contributed by atoms with Gasteiger partial charge < -0.3 is 10.6 Å². The molecule has 1 heterocycles. The summed E-state index contributed by atoms with van der Waals surface area (Å²) in [6.07, 6.45) is 4.16. The summed E-state index contributed by atoms with van der Waals surface area (Å²) in [4.78, 5) is 11.3. The van der Waals surface area contributed by atoms with E-state index in [0.29, 0.717) is 13.0 Å². The van der Waals surface area contributed by atoms with Gasteiger partial charge in [-0.3, -0.25) is 9.48 Å². The van der Waals surface area contributed by atoms with Gasteiger partial charge in [-0.2, -0.15) is 5.10 Å². The number of amides is 1. The zero-order chi connectivity index (χ0) is 11.8. The molecule has 0 atom stereocenters. The predicted octanol–water partition coefficient (Wildman–Crippen LogP) is 0.0784. The molecule has 0 aliphatic heterocycles. The Morgan fingerprint density at radius 1 is 1.50 bits per heavy atom. The zero-order valence-corrected chi connectivity index (χ0v) is 9.99. The van der Waals surface area contributed by atoms with Gasteiger partial charge in [0.05, 0.1) is 5.69 Å². The smallest absolute Gasteiger partial charge is 0.220 e. The number of aromatic nitrogens is 2. The number of nitrogens with zero attached hydrogens (tertiary/aromatic N) is 2. The van der Waals surface area contributed by atoms with E-state index in [4.69, 9.17) is 0 Å². The molecule has 0 aromatic carbocycles. The lowest BCUT2D eigenvalue weighted by Gasteiger charge is -2.03. The normalized spacial score (nSPS) is 10.4. The monoisotopic (exact) mass is 224 g/mol. The molecule has 0 aliphatic carbocycles. The van der Waals surface area contributed by atoms with Gasteiger partial charge in [0.15, 0.2) is 0 Å². The summed E-state index contributed by atoms with van der Waals surface area (Å²) in [6, 6.07) is 1.97. The quantitative estimate of drug-likeness (QED) is 0.645. The Kier molecular flexibility index (Phi) is 5.56. The summed E-state index contributed by atoms with van der Waals surface area (Å²) in [7, 11) is 3.78. The maximum atomic E-state index is 11.3. The Balaban J connectivity index is 2.08. The Labute approximate surface area is 96.2 Å². The van der Waals surface area contributed by atoms with Crippen molar-refractivity contribution in [1.29, 1.82) is 0 Å². The maximum Gasteiger partial charge on any atom is 0.220 e. The van der Waals surface area contributed by atoms with Crippen molar-refractivity contribution in [2.24, 2.45) is 7.05 Å². The molecule has 2 N–H and O–H groups in total. The molecule has 0 aliphatic rings. The van der Waals surface area contributed by atoms with Crippen LogP contribution in [0.2, 0.25) is 0 Å². The first-order valence-electron chi connectivity index (χ1n) is 5.62. The molecule has 90 valence electrons. The highest BCUT2D eigenvalue weighted by molar-refractivity contribution is 5.75. The lowest BCUT2D eigenvalue weighted by molar-refractivity contribution is -0.121. The van der Waals surface area contributed by atoms with Crippen molar-refractivity contribution >= 4 is 5.91 Å². The van der Waals surface area contributed by atoms with Crippen molar-refractivity contribution in [3.63, 3.8) is 0 Å². The predicted molar refractivity (Wildman–Crippen MR) is 63.1 cm³/mol. The number of carbonyl (C=O) groups is 1. The summed E-state index contributed by atoms with van der Waals surface area (Å²) in [5.74, 6) is 0.117. The molecule has 0 fully saturated rings. The van der Waals surface area contributed by atoms with Gasteiger partial charge in [0.25, 0.3) is 0 Å². The number of aryl methyl sites for hydroxylation is 1. The first-order chi connectivity index (χ1) is 7.72. The van der Waals surface area contributed by atoms with Crippen molar-refractivity contribution in [1.82, 2.24) is 20.4 Å². The van der Waals surface area contributed by atoms with Crippen LogP contribution in [0.5, 0.6) is 0 Å². The average Bonchev–Trinajstić information content (AvgIpc) is 2.65. The van der Waals surface area contributed by atoms with Gasteiger partial charge in [-0.1, -0.05) is 0 Å². The van der Waals surface area contributed by atoms with Gasteiger partial charge in [0.1, 0.15) is 0 Å². The molecule has 1 rings (SSSR count). The molecule has 1 amide bonds. The summed E-state index contributed by atoms with van der Waals surface area (Å²) < 4.78 is 1.77. The molecule has 0 unspecified atom stereocenters. The third-order valence-electron chi connectivity index (χ3n) is 2.30. The summed E-state index contributed by atoms with van der Waals surface area (Å²) in [6.45, 7) is 1.54. The van der Waals surface area contributed by atoms with E-state index < -0.39 is 0 Å². The van der Waals surface area contributed by atoms with Crippen LogP contribution in [0.25, 0.3) is 0 Å². The highest BCUT2D eigenvalue weighted by Gasteiger charge is 2.01. The minimum atomic E-state index is 0.117. The van der Waals surface area contributed by atoms with E-state index in [2.05, 4.69) is 15.7 Å². The van der Waals surface area contributed by atoms with Crippen molar-refractivity contribution in [2.75, 3.05) is 20.1 Å². The van der Waals surface area contributed by atoms with Crippen LogP contribution in [0, 0.1) is 0 Å². The van der Waals surface area contributed by atoms with Crippen LogP contribution in [0.3, 0.4) is 0 Å². The second-order valence-corrected chi connectivity index (χ2v) is 3.79. The Bertz CT molecular complexity index is 322. The van der Waals surface area contributed by atoms with Crippen molar-refractivity contribution in [3.8, 4) is 0 Å². The van der Waals surface area contributed by atoms with E-state index in [1.54, 1.807) is 4.68 Å². The number of hydrogen-bond acceptors (Lipinski definition) is 3. The number of rotatable bonds is 7. The first kappa shape index (κ1) is 12.7. The minimum Gasteiger partial charge on any atom is -0.356 e. The molecule has 5 heteroatoms. The molecular formula is C11H20N4O. The number of nitrogens with one attached hydrogen (secondary N) is 2. The second-order valence-electron chi connectivity index (χ2n) is 3.79. The van der Waals surface area contributed by atoms with Crippen LogP contribution in [0.1, 0.15) is 18.5 Å². The Hall–Kier alpha value is -1.36. The van der Waals surface area contributed by atoms with Gasteiger partial charge in [-0.15, -0.1) is 0 Å². The fourth-order valence-corrected chi connectivity index (χ4v) is 1.44. The molecule has 0 bridgehead atoms. The highest BCUT2D eigenvalue weighted by atomic mass is 16.1. The highest BCUT2D eigenvalue weighted by Crippen LogP contribution is 1.94. The molecule has 0 spiro atoms. The van der Waals surface area contributed by atoms with Gasteiger partial charge in [0, 0.05) is 32.6 Å². The first-order valence-corrected chi connectivity index (χ1v) is 5.62. The fourth-order valence-electron chi connectivity index (χ4n) is 1.44. The lowest BCUT2D eigenvalue weighted by atomic mass is 10.2. The summed E-state index contributed by atoms with van der Waals surface area (Å²) in [5, 5.41) is 10.1. The zero-order valence-electron chi connectivity index (χ0n) is 9.99. The molecule has 1 aromatic heterocycles. The number of carbonyl (C=O) groups excluding carboxylic acids is 1. The van der Waals surface area contributed by atoms with E-state index in [9.17, 15) is 4.79 Å². The molecule has 0 saturated carbocycles. The molecule has 0 saturated heterocycles. The van der Waals surface area contributed by atoms with Crippen LogP contribution in [-0.4, -0.2) is 35.8 Å². The largest absolute Gasteiger partial charge is 0.356 e. The van der Waals surface area contributed by atoms with Crippen LogP contribution < -0.4 is 10.6 Å². The van der Waals surface area contributed by atoms with E-state index in [1.165, 1.54) is 0 Å². The van der Waals surface area contributed by atoms with Crippen molar-refractivity contribution in [3.05, 3.63) is 18.0 Å². The number of hydrogen-bond donors (Lipinski definition) is 2. The van der Waals surface area contributed by atoms with Crippen LogP contribution >= 0.6 is 0 Å². The van der Waals surface area contributed by atoms with E-state index in [-0.39, 0.29) is 5.91 Å². The maximum absolute atomic E-state index is 11.3. The van der Waals surface area contributed by atoms with E-state index >= 15 is 0 Å². The molecule has 1 aromatic rings. The van der Waals surface area contributed by atoms with E-state index in [1.807, 2.05) is 26.4 Å². The van der Waals surface area contributed by atoms with Gasteiger partial charge >= 0.3 is 0 Å². The third kappa shape index (κ3) is 4.93. The lowest BCUT2D eigenvalue weighted by Crippen LogP contribution is -2.26.